The van der Waals surface area contributed by atoms with E-state index >= 15 is 0 Å². The molecule has 3 N–H and O–H groups in total. The van der Waals surface area contributed by atoms with Crippen LogP contribution < -0.4 is 11.1 Å². The van der Waals surface area contributed by atoms with E-state index in [9.17, 15) is 8.78 Å². The fourth-order valence-electron chi connectivity index (χ4n) is 3.93. The molecule has 32 heavy (non-hydrogen) atoms. The Kier molecular flexibility index (Phi) is 5.18. The van der Waals surface area contributed by atoms with E-state index in [1.165, 1.54) is 4.68 Å². The zero-order valence-corrected chi connectivity index (χ0v) is 17.5. The highest BCUT2D eigenvalue weighted by atomic mass is 19.1. The molecular weight excluding hydrogens is 414 g/mol. The van der Waals surface area contributed by atoms with Crippen molar-refractivity contribution in [3.63, 3.8) is 0 Å². The Morgan fingerprint density at radius 2 is 2.06 bits per heavy atom. The summed E-state index contributed by atoms with van der Waals surface area (Å²) in [7, 11) is 0. The van der Waals surface area contributed by atoms with Crippen molar-refractivity contribution in [3.8, 4) is 16.9 Å². The first-order chi connectivity index (χ1) is 15.5. The third kappa shape index (κ3) is 3.75. The molecule has 1 saturated heterocycles. The summed E-state index contributed by atoms with van der Waals surface area (Å²) in [4.78, 5) is 9.00. The maximum absolute atomic E-state index is 14.7. The van der Waals surface area contributed by atoms with Crippen molar-refractivity contribution < 1.29 is 13.5 Å². The highest BCUT2D eigenvalue weighted by Crippen LogP contribution is 2.34. The Balaban J connectivity index is 1.67. The molecule has 1 unspecified atom stereocenters. The van der Waals surface area contributed by atoms with Gasteiger partial charge in [0, 0.05) is 18.7 Å². The van der Waals surface area contributed by atoms with Crippen LogP contribution in [0.4, 0.5) is 20.5 Å². The van der Waals surface area contributed by atoms with Crippen molar-refractivity contribution in [2.75, 3.05) is 24.2 Å². The maximum atomic E-state index is 14.7. The minimum atomic E-state index is -0.612. The Labute approximate surface area is 183 Å². The number of anilines is 2. The second-order valence-corrected chi connectivity index (χ2v) is 7.87. The molecule has 164 valence electrons. The second kappa shape index (κ2) is 8.16. The molecular formula is C23H22F2N6O. The van der Waals surface area contributed by atoms with Gasteiger partial charge in [0.15, 0.2) is 5.65 Å². The van der Waals surface area contributed by atoms with E-state index in [2.05, 4.69) is 20.4 Å². The highest BCUT2D eigenvalue weighted by Gasteiger charge is 2.22. The van der Waals surface area contributed by atoms with Crippen LogP contribution in [0, 0.1) is 18.6 Å². The molecule has 9 heteroatoms. The zero-order valence-electron chi connectivity index (χ0n) is 17.5. The van der Waals surface area contributed by atoms with Crippen LogP contribution in [0.3, 0.4) is 0 Å². The molecule has 0 saturated carbocycles. The fourth-order valence-corrected chi connectivity index (χ4v) is 3.93. The Bertz CT molecular complexity index is 1300. The molecule has 2 aromatic carbocycles. The molecule has 0 spiro atoms. The number of nitrogen functional groups attached to an aromatic ring is 1. The predicted octanol–water partition coefficient (Wildman–Crippen LogP) is 4.24. The lowest BCUT2D eigenvalue weighted by atomic mass is 10.1. The average molecular weight is 436 g/mol. The Hall–Kier alpha value is -3.59. The molecule has 0 aliphatic carbocycles. The standard InChI is InChI=1S/C23H22F2N6O/c1-13-4-2-5-15(10-13)31-21(26)19-20(17-11-14(24)7-8-18(17)25)28-23(29-22(19)30-31)27-12-16-6-3-9-32-16/h2,4-5,7-8,10-11,16H,3,6,9,12,26H2,1H3,(H,27,29,30). The summed E-state index contributed by atoms with van der Waals surface area (Å²) in [5, 5.41) is 8.06. The van der Waals surface area contributed by atoms with Crippen LogP contribution in [0.5, 0.6) is 0 Å². The van der Waals surface area contributed by atoms with E-state index < -0.39 is 11.6 Å². The number of aromatic nitrogens is 4. The molecule has 2 aromatic heterocycles. The predicted molar refractivity (Wildman–Crippen MR) is 119 cm³/mol. The van der Waals surface area contributed by atoms with Gasteiger partial charge < -0.3 is 15.8 Å². The van der Waals surface area contributed by atoms with Crippen molar-refractivity contribution in [2.24, 2.45) is 0 Å². The third-order valence-corrected chi connectivity index (χ3v) is 5.51. The van der Waals surface area contributed by atoms with E-state index in [1.54, 1.807) is 0 Å². The van der Waals surface area contributed by atoms with Crippen LogP contribution in [0.2, 0.25) is 0 Å². The van der Waals surface area contributed by atoms with Crippen LogP contribution in [0.25, 0.3) is 28.0 Å². The number of rotatable bonds is 5. The molecule has 1 aliphatic heterocycles. The normalized spacial score (nSPS) is 16.0. The first kappa shape index (κ1) is 20.3. The van der Waals surface area contributed by atoms with Crippen molar-refractivity contribution in [2.45, 2.75) is 25.9 Å². The lowest BCUT2D eigenvalue weighted by Crippen LogP contribution is -2.19. The zero-order chi connectivity index (χ0) is 22.2. The summed E-state index contributed by atoms with van der Waals surface area (Å²) in [5.41, 5.74) is 8.66. The molecule has 7 nitrogen and oxygen atoms in total. The van der Waals surface area contributed by atoms with Crippen LogP contribution in [-0.2, 0) is 4.74 Å². The first-order valence-electron chi connectivity index (χ1n) is 10.4. The average Bonchev–Trinajstić information content (AvgIpc) is 3.41. The number of benzene rings is 2. The molecule has 0 amide bonds. The Morgan fingerprint density at radius 1 is 1.19 bits per heavy atom. The smallest absolute Gasteiger partial charge is 0.225 e. The summed E-state index contributed by atoms with van der Waals surface area (Å²) in [6.07, 6.45) is 2.00. The van der Waals surface area contributed by atoms with Gasteiger partial charge in [0.25, 0.3) is 0 Å². The van der Waals surface area contributed by atoms with Crippen LogP contribution in [0.1, 0.15) is 18.4 Å². The number of nitrogens with two attached hydrogens (primary N) is 1. The Morgan fingerprint density at radius 3 is 2.84 bits per heavy atom. The summed E-state index contributed by atoms with van der Waals surface area (Å²) >= 11 is 0. The van der Waals surface area contributed by atoms with Gasteiger partial charge in [-0.05, 0) is 55.7 Å². The van der Waals surface area contributed by atoms with Crippen LogP contribution >= 0.6 is 0 Å². The first-order valence-corrected chi connectivity index (χ1v) is 10.4. The van der Waals surface area contributed by atoms with Crippen LogP contribution in [0.15, 0.2) is 42.5 Å². The van der Waals surface area contributed by atoms with E-state index in [1.807, 2.05) is 31.2 Å². The van der Waals surface area contributed by atoms with Gasteiger partial charge in [-0.3, -0.25) is 0 Å². The summed E-state index contributed by atoms with van der Waals surface area (Å²) in [6, 6.07) is 10.9. The quantitative estimate of drug-likeness (QED) is 0.486. The number of fused-ring (bicyclic) bond motifs is 1. The van der Waals surface area contributed by atoms with Gasteiger partial charge in [0.05, 0.1) is 22.9 Å². The summed E-state index contributed by atoms with van der Waals surface area (Å²) < 4.78 is 35.9. The summed E-state index contributed by atoms with van der Waals surface area (Å²) in [6.45, 7) is 3.19. The number of ether oxygens (including phenoxy) is 1. The van der Waals surface area contributed by atoms with Gasteiger partial charge in [-0.15, -0.1) is 5.10 Å². The number of hydrogen-bond donors (Lipinski definition) is 2. The van der Waals surface area contributed by atoms with Crippen molar-refractivity contribution in [3.05, 3.63) is 59.7 Å². The minimum Gasteiger partial charge on any atom is -0.383 e. The molecule has 1 atom stereocenters. The SMILES string of the molecule is Cc1cccc(-n2nc3nc(NCC4CCCO4)nc(-c4cc(F)ccc4F)c3c2N)c1. The number of nitrogens with one attached hydrogen (secondary N) is 1. The largest absolute Gasteiger partial charge is 0.383 e. The number of aryl methyl sites for hydroxylation is 1. The number of hydrogen-bond acceptors (Lipinski definition) is 6. The molecule has 1 aliphatic rings. The highest BCUT2D eigenvalue weighted by molar-refractivity contribution is 5.99. The fraction of sp³-hybridized carbons (Fsp3) is 0.261. The lowest BCUT2D eigenvalue weighted by molar-refractivity contribution is 0.120. The molecule has 5 rings (SSSR count). The van der Waals surface area contributed by atoms with Crippen molar-refractivity contribution in [1.82, 2.24) is 19.7 Å². The van der Waals surface area contributed by atoms with Crippen molar-refractivity contribution in [1.29, 1.82) is 0 Å². The lowest BCUT2D eigenvalue weighted by Gasteiger charge is -2.12. The van der Waals surface area contributed by atoms with E-state index in [0.29, 0.717) is 11.9 Å². The molecule has 1 fully saturated rings. The third-order valence-electron chi connectivity index (χ3n) is 5.51. The monoisotopic (exact) mass is 436 g/mol. The van der Waals surface area contributed by atoms with E-state index in [4.69, 9.17) is 10.5 Å². The van der Waals surface area contributed by atoms with Gasteiger partial charge in [0.1, 0.15) is 17.5 Å². The molecule has 3 heterocycles. The topological polar surface area (TPSA) is 90.9 Å². The van der Waals surface area contributed by atoms with Crippen molar-refractivity contribution >= 4 is 22.8 Å². The van der Waals surface area contributed by atoms with Gasteiger partial charge in [0.2, 0.25) is 5.95 Å². The molecule has 4 aromatic rings. The van der Waals surface area contributed by atoms with E-state index in [0.717, 1.165) is 48.9 Å². The number of nitrogens with zero attached hydrogens (tertiary/aromatic N) is 4. The van der Waals surface area contributed by atoms with Gasteiger partial charge in [-0.25, -0.2) is 18.4 Å². The maximum Gasteiger partial charge on any atom is 0.225 e. The molecule has 0 radical (unpaired) electrons. The minimum absolute atomic E-state index is 0.00643. The van der Waals surface area contributed by atoms with E-state index in [-0.39, 0.29) is 34.8 Å². The van der Waals surface area contributed by atoms with Crippen LogP contribution in [-0.4, -0.2) is 39.0 Å². The molecule has 0 bridgehead atoms. The van der Waals surface area contributed by atoms with Gasteiger partial charge in [-0.2, -0.15) is 4.98 Å². The summed E-state index contributed by atoms with van der Waals surface area (Å²) in [5.74, 6) is -0.693. The number of halogens is 2. The second-order valence-electron chi connectivity index (χ2n) is 7.87. The van der Waals surface area contributed by atoms with Gasteiger partial charge >= 0.3 is 0 Å². The van der Waals surface area contributed by atoms with Gasteiger partial charge in [-0.1, -0.05) is 12.1 Å².